The number of hydrogen-bond donors (Lipinski definition) is 5. The van der Waals surface area contributed by atoms with E-state index in [0.29, 0.717) is 5.75 Å². The minimum Gasteiger partial charge on any atom is -0.391 e. The lowest BCUT2D eigenvalue weighted by Gasteiger charge is -2.36. The maximum Gasteiger partial charge on any atom is 0.184 e. The van der Waals surface area contributed by atoms with E-state index in [1.165, 1.54) is 0 Å². The van der Waals surface area contributed by atoms with Crippen LogP contribution >= 0.6 is 0 Å². The van der Waals surface area contributed by atoms with E-state index in [-0.39, 0.29) is 19.0 Å². The van der Waals surface area contributed by atoms with Crippen LogP contribution in [0.25, 0.3) is 0 Å². The van der Waals surface area contributed by atoms with E-state index in [2.05, 4.69) is 0 Å². The highest BCUT2D eigenvalue weighted by atomic mass is 32.2. The van der Waals surface area contributed by atoms with E-state index in [4.69, 9.17) is 9.47 Å². The van der Waals surface area contributed by atoms with Gasteiger partial charge >= 0.3 is 0 Å². The van der Waals surface area contributed by atoms with Gasteiger partial charge in [0.25, 0.3) is 0 Å². The van der Waals surface area contributed by atoms with Crippen molar-refractivity contribution in [3.63, 3.8) is 0 Å². The molecule has 0 bridgehead atoms. The van der Waals surface area contributed by atoms with Gasteiger partial charge in [-0.05, 0) is 12.5 Å². The van der Waals surface area contributed by atoms with Gasteiger partial charge in [0.05, 0.1) is 13.2 Å². The van der Waals surface area contributed by atoms with Crippen LogP contribution in [-0.2, 0) is 20.4 Å². The maximum atomic E-state index is 10.6. The molecule has 0 saturated carbocycles. The Balaban J connectivity index is 1.68. The molecular formula is C18H27O7S+. The zero-order valence-corrected chi connectivity index (χ0v) is 15.5. The second-order valence-corrected chi connectivity index (χ2v) is 9.25. The third-order valence-electron chi connectivity index (χ3n) is 5.05. The van der Waals surface area contributed by atoms with Crippen molar-refractivity contribution in [3.05, 3.63) is 35.4 Å². The van der Waals surface area contributed by atoms with E-state index in [1.807, 2.05) is 31.2 Å². The van der Waals surface area contributed by atoms with Gasteiger partial charge in [-0.2, -0.15) is 0 Å². The summed E-state index contributed by atoms with van der Waals surface area (Å²) >= 11 is 0. The third-order valence-corrected chi connectivity index (χ3v) is 7.88. The molecule has 0 amide bonds. The molecule has 8 heteroatoms. The molecule has 2 aliphatic heterocycles. The Morgan fingerprint density at radius 3 is 2.62 bits per heavy atom. The Morgan fingerprint density at radius 2 is 1.92 bits per heavy atom. The van der Waals surface area contributed by atoms with Gasteiger partial charge in [0.2, 0.25) is 0 Å². The highest BCUT2D eigenvalue weighted by molar-refractivity contribution is 7.97. The van der Waals surface area contributed by atoms with E-state index in [1.54, 1.807) is 0 Å². The highest BCUT2D eigenvalue weighted by Crippen LogP contribution is 2.31. The first-order valence-electron chi connectivity index (χ1n) is 8.74. The second-order valence-electron chi connectivity index (χ2n) is 6.91. The molecule has 146 valence electrons. The molecule has 0 spiro atoms. The van der Waals surface area contributed by atoms with Crippen LogP contribution in [0.2, 0.25) is 0 Å². The lowest BCUT2D eigenvalue weighted by molar-refractivity contribution is -0.273. The molecule has 26 heavy (non-hydrogen) atoms. The molecule has 2 fully saturated rings. The molecule has 2 heterocycles. The first-order valence-corrected chi connectivity index (χ1v) is 10.4. The van der Waals surface area contributed by atoms with Gasteiger partial charge in [-0.3, -0.25) is 0 Å². The van der Waals surface area contributed by atoms with Crippen LogP contribution < -0.4 is 0 Å². The highest BCUT2D eigenvalue weighted by Gasteiger charge is 2.51. The van der Waals surface area contributed by atoms with Crippen molar-refractivity contribution in [3.8, 4) is 0 Å². The Labute approximate surface area is 155 Å². The van der Waals surface area contributed by atoms with Crippen LogP contribution in [0.3, 0.4) is 0 Å². The SMILES string of the molecule is Cc1ccccc1C1OC[C@@H](O)[C@@H]([C@H](O)C[S+]2C[C@@H](O)[C@H](O)[C@H]2CO)O1. The average Bonchev–Trinajstić information content (AvgIpc) is 2.89. The number of aliphatic hydroxyl groups is 5. The summed E-state index contributed by atoms with van der Waals surface area (Å²) in [5, 5.41) is 49.6. The summed E-state index contributed by atoms with van der Waals surface area (Å²) in [6, 6.07) is 7.61. The summed E-state index contributed by atoms with van der Waals surface area (Å²) in [6.07, 6.45) is -5.36. The largest absolute Gasteiger partial charge is 0.391 e. The molecule has 1 aromatic rings. The molecule has 0 aromatic heterocycles. The molecule has 2 aliphatic rings. The fraction of sp³-hybridized carbons (Fsp3) is 0.667. The fourth-order valence-corrected chi connectivity index (χ4v) is 6.20. The first kappa shape index (κ1) is 20.0. The van der Waals surface area contributed by atoms with E-state index < -0.39 is 53.0 Å². The third kappa shape index (κ3) is 4.07. The van der Waals surface area contributed by atoms with E-state index >= 15 is 0 Å². The number of hydrogen-bond acceptors (Lipinski definition) is 7. The Morgan fingerprint density at radius 1 is 1.19 bits per heavy atom. The number of benzene rings is 1. The van der Waals surface area contributed by atoms with Gasteiger partial charge in [0, 0.05) is 16.5 Å². The van der Waals surface area contributed by atoms with Crippen molar-refractivity contribution in [1.82, 2.24) is 0 Å². The topological polar surface area (TPSA) is 120 Å². The number of aryl methyl sites for hydroxylation is 1. The lowest BCUT2D eigenvalue weighted by Crippen LogP contribution is -2.50. The molecule has 7 nitrogen and oxygen atoms in total. The van der Waals surface area contributed by atoms with Crippen molar-refractivity contribution in [1.29, 1.82) is 0 Å². The van der Waals surface area contributed by atoms with Crippen LogP contribution in [0, 0.1) is 6.92 Å². The van der Waals surface area contributed by atoms with E-state index in [0.717, 1.165) is 11.1 Å². The molecule has 2 unspecified atom stereocenters. The molecule has 3 rings (SSSR count). The van der Waals surface area contributed by atoms with Crippen molar-refractivity contribution in [2.24, 2.45) is 0 Å². The van der Waals surface area contributed by atoms with Gasteiger partial charge in [-0.15, -0.1) is 0 Å². The zero-order chi connectivity index (χ0) is 18.8. The van der Waals surface area contributed by atoms with Crippen LogP contribution in [0.1, 0.15) is 17.4 Å². The van der Waals surface area contributed by atoms with Gasteiger partial charge in [-0.1, -0.05) is 24.3 Å². The van der Waals surface area contributed by atoms with Crippen LogP contribution in [0.15, 0.2) is 24.3 Å². The van der Waals surface area contributed by atoms with Crippen molar-refractivity contribution in [2.75, 3.05) is 24.7 Å². The smallest absolute Gasteiger partial charge is 0.184 e. The summed E-state index contributed by atoms with van der Waals surface area (Å²) in [6.45, 7) is 1.73. The molecule has 2 saturated heterocycles. The van der Waals surface area contributed by atoms with Gasteiger partial charge in [0.15, 0.2) is 11.5 Å². The number of aliphatic hydroxyl groups excluding tert-OH is 5. The lowest BCUT2D eigenvalue weighted by atomic mass is 10.1. The first-order chi connectivity index (χ1) is 12.4. The van der Waals surface area contributed by atoms with Gasteiger partial charge in [-0.25, -0.2) is 0 Å². The van der Waals surface area contributed by atoms with Crippen molar-refractivity contribution in [2.45, 2.75) is 49.0 Å². The van der Waals surface area contributed by atoms with Gasteiger partial charge in [0.1, 0.15) is 42.0 Å². The fourth-order valence-electron chi connectivity index (χ4n) is 3.52. The monoisotopic (exact) mass is 387 g/mol. The van der Waals surface area contributed by atoms with Gasteiger partial charge < -0.3 is 35.0 Å². The minimum absolute atomic E-state index is 0.0448. The standard InChI is InChI=1S/C18H27O7S/c1-10-4-2-3-5-11(10)18-24-7-12(20)17(25-18)14(22)9-26-8-13(21)16(23)15(26)6-19/h2-5,12-23H,6-9H2,1H3/q+1/t12-,13-,14-,15-,16+,17+,18?,26?/m1/s1. The second kappa shape index (κ2) is 8.53. The minimum atomic E-state index is -0.990. The predicted molar refractivity (Wildman–Crippen MR) is 96.7 cm³/mol. The summed E-state index contributed by atoms with van der Waals surface area (Å²) in [4.78, 5) is 0. The number of rotatable bonds is 5. The molecule has 5 N–H and O–H groups in total. The molecule has 0 radical (unpaired) electrons. The quantitative estimate of drug-likeness (QED) is 0.405. The van der Waals surface area contributed by atoms with Crippen molar-refractivity contribution < 1.29 is 35.0 Å². The molecule has 0 aliphatic carbocycles. The number of ether oxygens (including phenoxy) is 2. The summed E-state index contributed by atoms with van der Waals surface area (Å²) in [5.41, 5.74) is 1.84. The molecular weight excluding hydrogens is 360 g/mol. The average molecular weight is 387 g/mol. The predicted octanol–water partition coefficient (Wildman–Crippen LogP) is -1.15. The van der Waals surface area contributed by atoms with Crippen LogP contribution in [-0.4, -0.2) is 86.0 Å². The normalized spacial score (nSPS) is 39.1. The summed E-state index contributed by atoms with van der Waals surface area (Å²) in [7, 11) is -0.564. The Kier molecular flexibility index (Phi) is 6.58. The Bertz CT molecular complexity index is 601. The Hall–Kier alpha value is -0.710. The summed E-state index contributed by atoms with van der Waals surface area (Å²) < 4.78 is 11.4. The van der Waals surface area contributed by atoms with E-state index in [9.17, 15) is 25.5 Å². The maximum absolute atomic E-state index is 10.6. The van der Waals surface area contributed by atoms with Crippen LogP contribution in [0.4, 0.5) is 0 Å². The van der Waals surface area contributed by atoms with Crippen LogP contribution in [0.5, 0.6) is 0 Å². The molecule has 1 aromatic carbocycles. The molecule has 8 atom stereocenters. The summed E-state index contributed by atoms with van der Waals surface area (Å²) in [5.74, 6) is 0.561. The zero-order valence-electron chi connectivity index (χ0n) is 14.6. The van der Waals surface area contributed by atoms with Crippen molar-refractivity contribution >= 4 is 10.9 Å².